The summed E-state index contributed by atoms with van der Waals surface area (Å²) in [6.07, 6.45) is -3.46. The molecule has 6 rings (SSSR count). The molecule has 0 aliphatic carbocycles. The van der Waals surface area contributed by atoms with Crippen LogP contribution in [0.4, 0.5) is 9.59 Å². The Bertz CT molecular complexity index is 1800. The van der Waals surface area contributed by atoms with Crippen LogP contribution < -0.4 is 5.32 Å². The van der Waals surface area contributed by atoms with Crippen molar-refractivity contribution in [3.05, 3.63) is 70.8 Å². The van der Waals surface area contributed by atoms with Crippen LogP contribution in [0.3, 0.4) is 0 Å². The number of aromatic nitrogens is 6. The number of aryl methyl sites for hydroxylation is 1. The van der Waals surface area contributed by atoms with Gasteiger partial charge in [-0.05, 0) is 28.3 Å². The van der Waals surface area contributed by atoms with Crippen LogP contribution in [-0.4, -0.2) is 99.4 Å². The molecule has 16 nitrogen and oxygen atoms in total. The second-order valence-corrected chi connectivity index (χ2v) is 12.0. The quantitative estimate of drug-likeness (QED) is 0.120. The number of fused-ring (bicyclic) bond motifs is 1. The van der Waals surface area contributed by atoms with Gasteiger partial charge in [0.2, 0.25) is 12.1 Å². The number of imidazole rings is 1. The minimum atomic E-state index is -1.33. The number of carbonyl (C=O) groups is 3. The molecule has 5 atom stereocenters. The van der Waals surface area contributed by atoms with E-state index in [1.165, 1.54) is 14.0 Å². The van der Waals surface area contributed by atoms with Crippen LogP contribution in [0.25, 0.3) is 22.5 Å². The number of halogens is 1. The van der Waals surface area contributed by atoms with Crippen LogP contribution in [0.5, 0.6) is 0 Å². The molecule has 2 aliphatic heterocycles. The second kappa shape index (κ2) is 15.7. The van der Waals surface area contributed by atoms with Gasteiger partial charge in [0, 0.05) is 32.5 Å². The van der Waals surface area contributed by atoms with Crippen molar-refractivity contribution >= 4 is 29.8 Å². The summed E-state index contributed by atoms with van der Waals surface area (Å²) < 4.78 is 34.4. The Morgan fingerprint density at radius 1 is 1.02 bits per heavy atom. The van der Waals surface area contributed by atoms with Gasteiger partial charge in [0.1, 0.15) is 18.0 Å². The molecule has 0 saturated carbocycles. The van der Waals surface area contributed by atoms with Crippen molar-refractivity contribution in [3.63, 3.8) is 0 Å². The zero-order chi connectivity index (χ0) is 35.2. The van der Waals surface area contributed by atoms with Crippen molar-refractivity contribution in [2.45, 2.75) is 70.4 Å². The van der Waals surface area contributed by atoms with Gasteiger partial charge in [-0.25, -0.2) is 19.4 Å². The lowest BCUT2D eigenvalue weighted by Crippen LogP contribution is -2.37. The number of hydrogen-bond acceptors (Lipinski definition) is 13. The largest absolute Gasteiger partial charge is 0.511 e. The summed E-state index contributed by atoms with van der Waals surface area (Å²) >= 11 is 6.52. The van der Waals surface area contributed by atoms with E-state index in [1.54, 1.807) is 4.57 Å². The molecule has 2 fully saturated rings. The maximum absolute atomic E-state index is 13.5. The molecule has 50 heavy (non-hydrogen) atoms. The number of nitrogens with zero attached hydrogens (tertiary/aromatic N) is 5. The van der Waals surface area contributed by atoms with Gasteiger partial charge in [0.15, 0.2) is 23.1 Å². The molecule has 0 radical (unpaired) electrons. The molecular formula is C33H36ClN7O9. The summed E-state index contributed by atoms with van der Waals surface area (Å²) in [6.45, 7) is 3.81. The van der Waals surface area contributed by atoms with Crippen LogP contribution in [0.2, 0.25) is 5.15 Å². The molecule has 0 bridgehead atoms. The van der Waals surface area contributed by atoms with Gasteiger partial charge in [0.25, 0.3) is 0 Å². The summed E-state index contributed by atoms with van der Waals surface area (Å²) in [4.78, 5) is 42.2. The Balaban J connectivity index is 1.11. The van der Waals surface area contributed by atoms with E-state index in [9.17, 15) is 14.4 Å². The fraction of sp³-hybridized carbons (Fsp3) is 0.424. The zero-order valence-electron chi connectivity index (χ0n) is 27.5. The molecule has 4 aromatic rings. The van der Waals surface area contributed by atoms with E-state index in [4.69, 9.17) is 40.0 Å². The van der Waals surface area contributed by atoms with Gasteiger partial charge in [-0.15, -0.1) is 10.2 Å². The SMILES string of the molecule is CCCCc1nc(Cl)c(C(=O)OC(C)OC(=O)O[C@H]2CO[C@H]3[C@@H]2OC[C@H]3OC(=O)NC)n1Cc1ccc(-c2ccccc2-c2nn[nH]n2)cc1. The lowest BCUT2D eigenvalue weighted by atomic mass is 9.98. The standard InChI is InChI=1S/C33H36ClN7O9/c1-4-5-10-25-36-29(34)26(41(25)15-19-11-13-20(14-12-19)21-8-6-7-9-22(21)30-37-39-40-38-30)31(42)47-18(2)48-33(44)50-24-17-46-27-23(16-45-28(24)27)49-32(43)35-3/h6-9,11-14,18,23-24,27-28H,4-5,10,15-17H2,1-3H3,(H,35,43)(H,37,38,39,40)/t18?,23-,24+,27-,28-/m1/s1. The number of aromatic amines is 1. The van der Waals surface area contributed by atoms with Gasteiger partial charge >= 0.3 is 18.2 Å². The Kier molecular flexibility index (Phi) is 10.9. The van der Waals surface area contributed by atoms with Crippen LogP contribution in [0.1, 0.15) is 48.6 Å². The first-order valence-corrected chi connectivity index (χ1v) is 16.5. The molecular weight excluding hydrogens is 674 g/mol. The molecule has 2 aromatic heterocycles. The number of alkyl carbamates (subject to hydrolysis) is 1. The summed E-state index contributed by atoms with van der Waals surface area (Å²) in [5.41, 5.74) is 3.62. The molecule has 1 amide bonds. The molecule has 264 valence electrons. The second-order valence-electron chi connectivity index (χ2n) is 11.6. The van der Waals surface area contributed by atoms with E-state index in [-0.39, 0.29) is 30.6 Å². The first-order valence-electron chi connectivity index (χ1n) is 16.1. The monoisotopic (exact) mass is 709 g/mol. The Hall–Kier alpha value is -5.06. The van der Waals surface area contributed by atoms with Crippen molar-refractivity contribution in [2.75, 3.05) is 20.3 Å². The molecule has 2 saturated heterocycles. The molecule has 0 spiro atoms. The minimum Gasteiger partial charge on any atom is -0.441 e. The van der Waals surface area contributed by atoms with Gasteiger partial charge in [-0.3, -0.25) is 0 Å². The zero-order valence-corrected chi connectivity index (χ0v) is 28.3. The number of nitrogens with one attached hydrogen (secondary N) is 2. The lowest BCUT2D eigenvalue weighted by Gasteiger charge is -2.19. The third-order valence-electron chi connectivity index (χ3n) is 8.28. The van der Waals surface area contributed by atoms with Gasteiger partial charge in [0.05, 0.1) is 13.2 Å². The first kappa shape index (κ1) is 34.8. The molecule has 17 heteroatoms. The summed E-state index contributed by atoms with van der Waals surface area (Å²) in [7, 11) is 1.44. The van der Waals surface area contributed by atoms with E-state index in [0.717, 1.165) is 35.1 Å². The van der Waals surface area contributed by atoms with Crippen molar-refractivity contribution in [1.29, 1.82) is 0 Å². The van der Waals surface area contributed by atoms with E-state index in [2.05, 4.69) is 37.8 Å². The molecule has 2 N–H and O–H groups in total. The number of esters is 1. The maximum Gasteiger partial charge on any atom is 0.511 e. The molecule has 4 heterocycles. The number of hydrogen-bond donors (Lipinski definition) is 2. The number of amides is 1. The van der Waals surface area contributed by atoms with Crippen molar-refractivity contribution in [1.82, 2.24) is 35.5 Å². The van der Waals surface area contributed by atoms with Crippen molar-refractivity contribution < 1.29 is 42.8 Å². The minimum absolute atomic E-state index is 0.00777. The number of rotatable bonds is 12. The number of carbonyl (C=O) groups excluding carboxylic acids is 3. The van der Waals surface area contributed by atoms with Gasteiger partial charge < -0.3 is 38.3 Å². The highest BCUT2D eigenvalue weighted by atomic mass is 35.5. The van der Waals surface area contributed by atoms with E-state index < -0.39 is 48.9 Å². The van der Waals surface area contributed by atoms with Crippen LogP contribution >= 0.6 is 11.6 Å². The van der Waals surface area contributed by atoms with E-state index in [1.807, 2.05) is 48.5 Å². The average molecular weight is 710 g/mol. The van der Waals surface area contributed by atoms with Crippen LogP contribution in [0, 0.1) is 0 Å². The third kappa shape index (κ3) is 7.72. The molecule has 2 aliphatic rings. The highest BCUT2D eigenvalue weighted by Crippen LogP contribution is 2.32. The summed E-state index contributed by atoms with van der Waals surface area (Å²) in [5.74, 6) is 0.280. The number of benzene rings is 2. The Labute approximate surface area is 291 Å². The van der Waals surface area contributed by atoms with Crippen LogP contribution in [0.15, 0.2) is 48.5 Å². The fourth-order valence-electron chi connectivity index (χ4n) is 5.88. The van der Waals surface area contributed by atoms with Crippen LogP contribution in [-0.2, 0) is 41.4 Å². The maximum atomic E-state index is 13.5. The molecule has 2 aromatic carbocycles. The topological polar surface area (TPSA) is 191 Å². The summed E-state index contributed by atoms with van der Waals surface area (Å²) in [5, 5.41) is 16.7. The average Bonchev–Trinajstić information content (AvgIpc) is 3.91. The van der Waals surface area contributed by atoms with Gasteiger partial charge in [-0.2, -0.15) is 5.21 Å². The van der Waals surface area contributed by atoms with Crippen molar-refractivity contribution in [2.24, 2.45) is 0 Å². The van der Waals surface area contributed by atoms with Crippen molar-refractivity contribution in [3.8, 4) is 22.5 Å². The van der Waals surface area contributed by atoms with E-state index in [0.29, 0.717) is 18.1 Å². The normalized spacial score (nSPS) is 20.2. The highest BCUT2D eigenvalue weighted by Gasteiger charge is 2.51. The van der Waals surface area contributed by atoms with Gasteiger partial charge in [-0.1, -0.05) is 73.5 Å². The lowest BCUT2D eigenvalue weighted by molar-refractivity contribution is -0.0990. The Morgan fingerprint density at radius 2 is 1.72 bits per heavy atom. The van der Waals surface area contributed by atoms with E-state index >= 15 is 0 Å². The number of unbranched alkanes of at least 4 members (excludes halogenated alkanes) is 1. The number of ether oxygens (including phenoxy) is 6. The number of tetrazole rings is 1. The number of H-pyrrole nitrogens is 1. The summed E-state index contributed by atoms with van der Waals surface area (Å²) in [6, 6.07) is 15.6. The fourth-order valence-corrected chi connectivity index (χ4v) is 6.16. The highest BCUT2D eigenvalue weighted by molar-refractivity contribution is 6.32. The predicted molar refractivity (Wildman–Crippen MR) is 175 cm³/mol. The predicted octanol–water partition coefficient (Wildman–Crippen LogP) is 4.32. The third-order valence-corrected chi connectivity index (χ3v) is 8.54. The molecule has 1 unspecified atom stereocenters. The Morgan fingerprint density at radius 3 is 2.38 bits per heavy atom. The first-order chi connectivity index (χ1) is 24.2. The smallest absolute Gasteiger partial charge is 0.441 e.